The monoisotopic (exact) mass is 268 g/mol. The molecule has 20 heavy (non-hydrogen) atoms. The second kappa shape index (κ2) is 5.35. The Morgan fingerprint density at radius 3 is 2.75 bits per heavy atom. The molecule has 0 aliphatic heterocycles. The molecule has 0 spiro atoms. The van der Waals surface area contributed by atoms with Gasteiger partial charge in [-0.2, -0.15) is 0 Å². The van der Waals surface area contributed by atoms with Crippen molar-refractivity contribution in [2.45, 2.75) is 12.6 Å². The summed E-state index contributed by atoms with van der Waals surface area (Å²) >= 11 is 0. The van der Waals surface area contributed by atoms with Crippen molar-refractivity contribution in [1.82, 2.24) is 9.55 Å². The van der Waals surface area contributed by atoms with Crippen LogP contribution in [0, 0.1) is 0 Å². The van der Waals surface area contributed by atoms with Gasteiger partial charge in [-0.3, -0.25) is 0 Å². The number of para-hydroxylation sites is 3. The molecular formula is C16H16N2O2. The van der Waals surface area contributed by atoms with Crippen LogP contribution in [0.4, 0.5) is 0 Å². The van der Waals surface area contributed by atoms with E-state index in [-0.39, 0.29) is 0 Å². The van der Waals surface area contributed by atoms with Gasteiger partial charge in [-0.15, -0.1) is 0 Å². The van der Waals surface area contributed by atoms with E-state index < -0.39 is 6.10 Å². The third kappa shape index (κ3) is 2.26. The molecule has 0 bridgehead atoms. The number of aliphatic hydroxyl groups is 1. The van der Waals surface area contributed by atoms with Gasteiger partial charge in [-0.05, 0) is 18.2 Å². The molecule has 1 aromatic heterocycles. The van der Waals surface area contributed by atoms with Crippen molar-refractivity contribution in [2.75, 3.05) is 7.11 Å². The van der Waals surface area contributed by atoms with Crippen LogP contribution < -0.4 is 4.74 Å². The number of aromatic nitrogens is 2. The lowest BCUT2D eigenvalue weighted by Gasteiger charge is -2.15. The zero-order valence-electron chi connectivity index (χ0n) is 11.2. The number of fused-ring (bicyclic) bond motifs is 1. The van der Waals surface area contributed by atoms with Crippen LogP contribution >= 0.6 is 0 Å². The third-order valence-electron chi connectivity index (χ3n) is 3.39. The van der Waals surface area contributed by atoms with E-state index >= 15 is 0 Å². The molecule has 0 saturated heterocycles. The maximum absolute atomic E-state index is 10.4. The topological polar surface area (TPSA) is 47.3 Å². The predicted molar refractivity (Wildman–Crippen MR) is 77.7 cm³/mol. The van der Waals surface area contributed by atoms with E-state index in [0.717, 1.165) is 16.6 Å². The molecule has 0 saturated carbocycles. The van der Waals surface area contributed by atoms with E-state index in [9.17, 15) is 5.11 Å². The largest absolute Gasteiger partial charge is 0.496 e. The van der Waals surface area contributed by atoms with Gasteiger partial charge in [0, 0.05) is 5.56 Å². The zero-order valence-corrected chi connectivity index (χ0v) is 11.2. The molecule has 3 aromatic rings. The fourth-order valence-electron chi connectivity index (χ4n) is 2.38. The van der Waals surface area contributed by atoms with Gasteiger partial charge in [0.1, 0.15) is 11.9 Å². The number of hydrogen-bond acceptors (Lipinski definition) is 3. The van der Waals surface area contributed by atoms with E-state index in [1.807, 2.05) is 53.1 Å². The molecule has 1 unspecified atom stereocenters. The molecule has 1 N–H and O–H groups in total. The van der Waals surface area contributed by atoms with Crippen LogP contribution in [0.1, 0.15) is 11.7 Å². The first kappa shape index (κ1) is 12.7. The van der Waals surface area contributed by atoms with Crippen molar-refractivity contribution in [2.24, 2.45) is 0 Å². The highest BCUT2D eigenvalue weighted by molar-refractivity contribution is 5.74. The molecule has 0 aliphatic rings. The number of hydrogen-bond donors (Lipinski definition) is 1. The number of methoxy groups -OCH3 is 1. The minimum absolute atomic E-state index is 0.445. The Balaban J connectivity index is 1.90. The number of benzene rings is 2. The van der Waals surface area contributed by atoms with Crippen molar-refractivity contribution < 1.29 is 9.84 Å². The van der Waals surface area contributed by atoms with Crippen molar-refractivity contribution in [1.29, 1.82) is 0 Å². The molecule has 0 amide bonds. The molecule has 0 radical (unpaired) electrons. The fourth-order valence-corrected chi connectivity index (χ4v) is 2.38. The summed E-state index contributed by atoms with van der Waals surface area (Å²) in [7, 11) is 1.61. The standard InChI is InChI=1S/C16H16N2O2/c1-20-16-9-5-2-6-12(16)15(19)10-18-11-17-13-7-3-4-8-14(13)18/h2-9,11,15,19H,10H2,1H3. The van der Waals surface area contributed by atoms with Gasteiger partial charge in [0.05, 0.1) is 31.0 Å². The van der Waals surface area contributed by atoms with Crippen LogP contribution in [0.5, 0.6) is 5.75 Å². The summed E-state index contributed by atoms with van der Waals surface area (Å²) in [6, 6.07) is 15.4. The van der Waals surface area contributed by atoms with Crippen LogP contribution in [0.25, 0.3) is 11.0 Å². The number of imidazole rings is 1. The Kier molecular flexibility index (Phi) is 3.39. The molecule has 3 rings (SSSR count). The normalized spacial score (nSPS) is 12.5. The number of rotatable bonds is 4. The van der Waals surface area contributed by atoms with Gasteiger partial charge in [0.2, 0.25) is 0 Å². The summed E-state index contributed by atoms with van der Waals surface area (Å²) < 4.78 is 7.24. The first-order valence-electron chi connectivity index (χ1n) is 6.50. The van der Waals surface area contributed by atoms with Gasteiger partial charge in [0.15, 0.2) is 0 Å². The molecule has 1 atom stereocenters. The van der Waals surface area contributed by atoms with Crippen molar-refractivity contribution >= 4 is 11.0 Å². The molecule has 2 aromatic carbocycles. The molecule has 1 heterocycles. The first-order chi connectivity index (χ1) is 9.79. The molecule has 0 aliphatic carbocycles. The molecule has 4 heteroatoms. The van der Waals surface area contributed by atoms with Crippen molar-refractivity contribution in [3.8, 4) is 5.75 Å². The van der Waals surface area contributed by atoms with Gasteiger partial charge >= 0.3 is 0 Å². The Morgan fingerprint density at radius 2 is 1.90 bits per heavy atom. The lowest BCUT2D eigenvalue weighted by atomic mass is 10.1. The van der Waals surface area contributed by atoms with Crippen LogP contribution in [0.15, 0.2) is 54.9 Å². The van der Waals surface area contributed by atoms with Crippen LogP contribution in [-0.4, -0.2) is 21.8 Å². The number of aliphatic hydroxyl groups excluding tert-OH is 1. The summed E-state index contributed by atoms with van der Waals surface area (Å²) in [6.45, 7) is 0.445. The summed E-state index contributed by atoms with van der Waals surface area (Å²) in [6.07, 6.45) is 1.12. The SMILES string of the molecule is COc1ccccc1C(O)Cn1cnc2ccccc21. The summed E-state index contributed by atoms with van der Waals surface area (Å²) in [5.74, 6) is 0.699. The van der Waals surface area contributed by atoms with E-state index in [4.69, 9.17) is 4.74 Å². The first-order valence-corrected chi connectivity index (χ1v) is 6.50. The summed E-state index contributed by atoms with van der Waals surface area (Å²) in [4.78, 5) is 4.33. The van der Waals surface area contributed by atoms with E-state index in [1.54, 1.807) is 13.4 Å². The predicted octanol–water partition coefficient (Wildman–Crippen LogP) is 2.78. The smallest absolute Gasteiger partial charge is 0.124 e. The summed E-state index contributed by atoms with van der Waals surface area (Å²) in [5, 5.41) is 10.4. The van der Waals surface area contributed by atoms with Crippen LogP contribution in [0.2, 0.25) is 0 Å². The minimum atomic E-state index is -0.635. The fraction of sp³-hybridized carbons (Fsp3) is 0.188. The van der Waals surface area contributed by atoms with Gasteiger partial charge in [-0.25, -0.2) is 4.98 Å². The van der Waals surface area contributed by atoms with E-state index in [2.05, 4.69) is 4.98 Å². The van der Waals surface area contributed by atoms with Gasteiger partial charge < -0.3 is 14.4 Å². The lowest BCUT2D eigenvalue weighted by Crippen LogP contribution is -2.09. The quantitative estimate of drug-likeness (QED) is 0.791. The van der Waals surface area contributed by atoms with Crippen molar-refractivity contribution in [3.63, 3.8) is 0 Å². The van der Waals surface area contributed by atoms with E-state index in [1.165, 1.54) is 0 Å². The van der Waals surface area contributed by atoms with Crippen LogP contribution in [-0.2, 0) is 6.54 Å². The maximum atomic E-state index is 10.4. The second-order valence-corrected chi connectivity index (χ2v) is 4.64. The van der Waals surface area contributed by atoms with E-state index in [0.29, 0.717) is 12.3 Å². The number of nitrogens with zero attached hydrogens (tertiary/aromatic N) is 2. The molecule has 4 nitrogen and oxygen atoms in total. The zero-order chi connectivity index (χ0) is 13.9. The Bertz CT molecular complexity index is 721. The Hall–Kier alpha value is -2.33. The summed E-state index contributed by atoms with van der Waals surface area (Å²) in [5.41, 5.74) is 2.73. The average Bonchev–Trinajstić information content (AvgIpc) is 2.90. The molecule has 102 valence electrons. The minimum Gasteiger partial charge on any atom is -0.496 e. The average molecular weight is 268 g/mol. The highest BCUT2D eigenvalue weighted by Gasteiger charge is 2.14. The third-order valence-corrected chi connectivity index (χ3v) is 3.39. The second-order valence-electron chi connectivity index (χ2n) is 4.64. The Labute approximate surface area is 117 Å². The molecular weight excluding hydrogens is 252 g/mol. The highest BCUT2D eigenvalue weighted by atomic mass is 16.5. The molecule has 0 fully saturated rings. The maximum Gasteiger partial charge on any atom is 0.124 e. The van der Waals surface area contributed by atoms with Gasteiger partial charge in [-0.1, -0.05) is 30.3 Å². The lowest BCUT2D eigenvalue weighted by molar-refractivity contribution is 0.154. The number of ether oxygens (including phenoxy) is 1. The highest BCUT2D eigenvalue weighted by Crippen LogP contribution is 2.26. The van der Waals surface area contributed by atoms with Gasteiger partial charge in [0.25, 0.3) is 0 Å². The Morgan fingerprint density at radius 1 is 1.15 bits per heavy atom. The van der Waals surface area contributed by atoms with Crippen LogP contribution in [0.3, 0.4) is 0 Å². The van der Waals surface area contributed by atoms with Crippen molar-refractivity contribution in [3.05, 3.63) is 60.4 Å².